The van der Waals surface area contributed by atoms with Gasteiger partial charge in [-0.05, 0) is 37.3 Å². The molecule has 1 aliphatic heterocycles. The monoisotopic (exact) mass is 401 g/mol. The summed E-state index contributed by atoms with van der Waals surface area (Å²) in [5.74, 6) is 1.04. The highest BCUT2D eigenvalue weighted by atomic mass is 16.5. The summed E-state index contributed by atoms with van der Waals surface area (Å²) in [6.45, 7) is 3.52. The van der Waals surface area contributed by atoms with E-state index in [0.29, 0.717) is 31.2 Å². The van der Waals surface area contributed by atoms with Gasteiger partial charge in [0.1, 0.15) is 17.5 Å². The van der Waals surface area contributed by atoms with E-state index in [2.05, 4.69) is 9.88 Å². The molecule has 2 aromatic rings. The molecule has 0 bridgehead atoms. The number of fused-ring (bicyclic) bond motifs is 1. The number of esters is 1. The molecule has 8 nitrogen and oxygen atoms in total. The molecule has 0 aliphatic carbocycles. The average Bonchev–Trinajstić information content (AvgIpc) is 3.21. The van der Waals surface area contributed by atoms with E-state index < -0.39 is 0 Å². The Labute approximate surface area is 170 Å². The molecule has 1 aromatic heterocycles. The summed E-state index contributed by atoms with van der Waals surface area (Å²) < 4.78 is 18.0. The molecule has 156 valence electrons. The van der Waals surface area contributed by atoms with Crippen LogP contribution in [0.25, 0.3) is 0 Å². The van der Waals surface area contributed by atoms with Gasteiger partial charge in [-0.15, -0.1) is 0 Å². The van der Waals surface area contributed by atoms with Crippen LogP contribution in [-0.2, 0) is 16.1 Å². The Morgan fingerprint density at radius 2 is 2.00 bits per heavy atom. The molecule has 1 aromatic carbocycles. The highest BCUT2D eigenvalue weighted by molar-refractivity contribution is 5.77. The number of nitrogens with one attached hydrogen (secondary N) is 1. The summed E-state index contributed by atoms with van der Waals surface area (Å²) in [7, 11) is 3.21. The largest absolute Gasteiger partial charge is 0.497 e. The number of hydrogen-bond acceptors (Lipinski definition) is 5. The molecule has 29 heavy (non-hydrogen) atoms. The van der Waals surface area contributed by atoms with E-state index in [0.717, 1.165) is 11.3 Å². The number of benzene rings is 1. The fourth-order valence-corrected chi connectivity index (χ4v) is 3.59. The smallest absolute Gasteiger partial charge is 0.318 e. The Morgan fingerprint density at radius 3 is 2.72 bits per heavy atom. The van der Waals surface area contributed by atoms with Crippen LogP contribution in [0.1, 0.15) is 30.6 Å². The fraction of sp³-hybridized carbons (Fsp3) is 0.429. The first-order chi connectivity index (χ1) is 14.1. The lowest BCUT2D eigenvalue weighted by Gasteiger charge is -2.37. The maximum atomic E-state index is 13.0. The molecule has 0 unspecified atom stereocenters. The fourth-order valence-electron chi connectivity index (χ4n) is 3.59. The average molecular weight is 401 g/mol. The van der Waals surface area contributed by atoms with Crippen LogP contribution in [0, 0.1) is 0 Å². The topological polar surface area (TPSA) is 82.0 Å². The van der Waals surface area contributed by atoms with Gasteiger partial charge in [0, 0.05) is 37.1 Å². The van der Waals surface area contributed by atoms with Gasteiger partial charge in [-0.25, -0.2) is 4.79 Å². The molecular weight excluding hydrogens is 374 g/mol. The molecule has 2 amide bonds. The summed E-state index contributed by atoms with van der Waals surface area (Å²) in [6, 6.07) is 8.95. The second kappa shape index (κ2) is 9.36. The van der Waals surface area contributed by atoms with E-state index in [9.17, 15) is 9.59 Å². The minimum atomic E-state index is -0.341. The van der Waals surface area contributed by atoms with Crippen molar-refractivity contribution in [1.82, 2.24) is 14.8 Å². The highest BCUT2D eigenvalue weighted by Crippen LogP contribution is 2.39. The van der Waals surface area contributed by atoms with Gasteiger partial charge in [-0.2, -0.15) is 0 Å². The van der Waals surface area contributed by atoms with E-state index in [4.69, 9.17) is 14.2 Å². The molecule has 8 heteroatoms. The van der Waals surface area contributed by atoms with Crippen LogP contribution in [0.2, 0.25) is 0 Å². The first-order valence-electron chi connectivity index (χ1n) is 9.66. The zero-order valence-corrected chi connectivity index (χ0v) is 17.0. The van der Waals surface area contributed by atoms with Gasteiger partial charge in [0.15, 0.2) is 0 Å². The zero-order valence-electron chi connectivity index (χ0n) is 17.0. The Hall–Kier alpha value is -3.16. The number of rotatable bonds is 7. The van der Waals surface area contributed by atoms with E-state index >= 15 is 0 Å². The SMILES string of the molecule is CCOC(=O)CCNC(=O)N1CCn2cccc2[C@@H]1c1cc(OC)ccc1OC. The van der Waals surface area contributed by atoms with Crippen molar-refractivity contribution in [2.45, 2.75) is 25.9 Å². The van der Waals surface area contributed by atoms with Gasteiger partial charge in [-0.3, -0.25) is 4.79 Å². The van der Waals surface area contributed by atoms with Crippen molar-refractivity contribution < 1.29 is 23.8 Å². The van der Waals surface area contributed by atoms with E-state index in [1.54, 1.807) is 26.0 Å². The number of hydrogen-bond donors (Lipinski definition) is 1. The van der Waals surface area contributed by atoms with E-state index in [1.165, 1.54) is 0 Å². The van der Waals surface area contributed by atoms with E-state index in [-0.39, 0.29) is 31.0 Å². The molecule has 0 spiro atoms. The van der Waals surface area contributed by atoms with Crippen LogP contribution >= 0.6 is 0 Å². The third-order valence-corrected chi connectivity index (χ3v) is 4.94. The van der Waals surface area contributed by atoms with E-state index in [1.807, 2.05) is 36.5 Å². The molecule has 0 radical (unpaired) electrons. The predicted molar refractivity (Wildman–Crippen MR) is 107 cm³/mol. The van der Waals surface area contributed by atoms with Crippen LogP contribution in [0.3, 0.4) is 0 Å². The highest BCUT2D eigenvalue weighted by Gasteiger charge is 2.34. The normalized spacial score (nSPS) is 15.4. The van der Waals surface area contributed by atoms with Crippen LogP contribution < -0.4 is 14.8 Å². The maximum absolute atomic E-state index is 13.0. The Balaban J connectivity index is 1.87. The number of methoxy groups -OCH3 is 2. The summed E-state index contributed by atoms with van der Waals surface area (Å²) in [6.07, 6.45) is 2.14. The Morgan fingerprint density at radius 1 is 1.17 bits per heavy atom. The van der Waals surface area contributed by atoms with Crippen molar-refractivity contribution in [2.24, 2.45) is 0 Å². The molecule has 2 heterocycles. The van der Waals surface area contributed by atoms with Gasteiger partial charge in [0.2, 0.25) is 0 Å². The summed E-state index contributed by atoms with van der Waals surface area (Å²) in [5, 5.41) is 2.84. The van der Waals surface area contributed by atoms with Gasteiger partial charge in [0.05, 0.1) is 27.2 Å². The number of aromatic nitrogens is 1. The lowest BCUT2D eigenvalue weighted by atomic mass is 9.98. The van der Waals surface area contributed by atoms with Crippen molar-refractivity contribution in [3.8, 4) is 11.5 Å². The zero-order chi connectivity index (χ0) is 20.8. The van der Waals surface area contributed by atoms with Crippen LogP contribution in [-0.4, -0.2) is 55.4 Å². The Kier molecular flexibility index (Phi) is 6.64. The van der Waals surface area contributed by atoms with Gasteiger partial charge >= 0.3 is 12.0 Å². The number of ether oxygens (including phenoxy) is 3. The minimum absolute atomic E-state index is 0.136. The van der Waals surface area contributed by atoms with Crippen molar-refractivity contribution in [3.63, 3.8) is 0 Å². The number of carbonyl (C=O) groups is 2. The van der Waals surface area contributed by atoms with Crippen molar-refractivity contribution in [1.29, 1.82) is 0 Å². The predicted octanol–water partition coefficient (Wildman–Crippen LogP) is 2.57. The van der Waals surface area contributed by atoms with Crippen molar-refractivity contribution in [3.05, 3.63) is 47.8 Å². The molecule has 0 saturated carbocycles. The van der Waals surface area contributed by atoms with Crippen molar-refractivity contribution in [2.75, 3.05) is 33.9 Å². The molecule has 1 atom stereocenters. The number of amides is 2. The number of carbonyl (C=O) groups excluding carboxylic acids is 2. The van der Waals surface area contributed by atoms with Crippen LogP contribution in [0.15, 0.2) is 36.5 Å². The van der Waals surface area contributed by atoms with Gasteiger partial charge < -0.3 is 29.0 Å². The summed E-state index contributed by atoms with van der Waals surface area (Å²) >= 11 is 0. The summed E-state index contributed by atoms with van der Waals surface area (Å²) in [5.41, 5.74) is 1.83. The molecule has 1 N–H and O–H groups in total. The third-order valence-electron chi connectivity index (χ3n) is 4.94. The van der Waals surface area contributed by atoms with Gasteiger partial charge in [-0.1, -0.05) is 0 Å². The molecule has 0 saturated heterocycles. The Bertz CT molecular complexity index is 864. The first kappa shape index (κ1) is 20.6. The lowest BCUT2D eigenvalue weighted by Crippen LogP contribution is -2.47. The second-order valence-corrected chi connectivity index (χ2v) is 6.62. The van der Waals surface area contributed by atoms with Crippen LogP contribution in [0.4, 0.5) is 4.79 Å². The van der Waals surface area contributed by atoms with Gasteiger partial charge in [0.25, 0.3) is 0 Å². The minimum Gasteiger partial charge on any atom is -0.497 e. The quantitative estimate of drug-likeness (QED) is 0.721. The number of urea groups is 1. The maximum Gasteiger partial charge on any atom is 0.318 e. The molecule has 3 rings (SSSR count). The van der Waals surface area contributed by atoms with Crippen LogP contribution in [0.5, 0.6) is 11.5 Å². The first-order valence-corrected chi connectivity index (χ1v) is 9.66. The molecule has 1 aliphatic rings. The molecule has 0 fully saturated rings. The summed E-state index contributed by atoms with van der Waals surface area (Å²) in [4.78, 5) is 26.3. The van der Waals surface area contributed by atoms with Crippen molar-refractivity contribution >= 4 is 12.0 Å². The standard InChI is InChI=1S/C21H27N3O5/c1-4-29-19(25)9-10-22-21(26)24-13-12-23-11-5-6-17(23)20(24)16-14-15(27-2)7-8-18(16)28-3/h5-8,11,14,20H,4,9-10,12-13H2,1-3H3,(H,22,26)/t20-/m0/s1. The lowest BCUT2D eigenvalue weighted by molar-refractivity contribution is -0.142. The number of nitrogens with zero attached hydrogens (tertiary/aromatic N) is 2. The molecular formula is C21H27N3O5. The third kappa shape index (κ3) is 4.47. The second-order valence-electron chi connectivity index (χ2n) is 6.62.